The maximum atomic E-state index is 5.83. The van der Waals surface area contributed by atoms with Crippen LogP contribution in [0.5, 0.6) is 0 Å². The highest BCUT2D eigenvalue weighted by Gasteiger charge is 2.38. The zero-order valence-corrected chi connectivity index (χ0v) is 10.2. The van der Waals surface area contributed by atoms with Crippen molar-refractivity contribution in [2.45, 2.75) is 52.0 Å². The van der Waals surface area contributed by atoms with Crippen LogP contribution >= 0.6 is 0 Å². The van der Waals surface area contributed by atoms with Gasteiger partial charge < -0.3 is 18.9 Å². The van der Waals surface area contributed by atoms with Gasteiger partial charge in [-0.15, -0.1) is 0 Å². The number of ether oxygens (including phenoxy) is 4. The Morgan fingerprint density at radius 3 is 2.13 bits per heavy atom. The molecule has 0 aromatic rings. The van der Waals surface area contributed by atoms with E-state index in [1.54, 1.807) is 14.2 Å². The lowest BCUT2D eigenvalue weighted by atomic mass is 9.97. The van der Waals surface area contributed by atoms with Gasteiger partial charge in [0.25, 0.3) is 0 Å². The Balaban J connectivity index is 2.62. The third-order valence-corrected chi connectivity index (χ3v) is 2.99. The van der Waals surface area contributed by atoms with Crippen LogP contribution in [0.4, 0.5) is 0 Å². The molecule has 1 aliphatic rings. The van der Waals surface area contributed by atoms with Gasteiger partial charge in [-0.25, -0.2) is 0 Å². The van der Waals surface area contributed by atoms with Gasteiger partial charge in [-0.3, -0.25) is 0 Å². The first-order valence-corrected chi connectivity index (χ1v) is 5.50. The molecule has 0 radical (unpaired) electrons. The molecule has 90 valence electrons. The molecule has 1 heterocycles. The second-order valence-corrected chi connectivity index (χ2v) is 4.04. The normalized spacial score (nSPS) is 39.0. The van der Waals surface area contributed by atoms with Crippen LogP contribution in [0.25, 0.3) is 0 Å². The van der Waals surface area contributed by atoms with Gasteiger partial charge in [0, 0.05) is 14.2 Å². The fourth-order valence-corrected chi connectivity index (χ4v) is 1.85. The largest absolute Gasteiger partial charge is 0.351 e. The number of hydrogen-bond acceptors (Lipinski definition) is 4. The highest BCUT2D eigenvalue weighted by molar-refractivity contribution is 4.78. The van der Waals surface area contributed by atoms with E-state index in [-0.39, 0.29) is 12.2 Å². The zero-order chi connectivity index (χ0) is 11.4. The van der Waals surface area contributed by atoms with Gasteiger partial charge in [-0.2, -0.15) is 0 Å². The molecule has 4 nitrogen and oxygen atoms in total. The Hall–Kier alpha value is -0.160. The minimum absolute atomic E-state index is 0.0382. The number of hydrogen-bond donors (Lipinski definition) is 0. The van der Waals surface area contributed by atoms with Crippen LogP contribution in [0, 0.1) is 5.92 Å². The Labute approximate surface area is 91.8 Å². The Bertz CT molecular complexity index is 185. The molecule has 0 aliphatic carbocycles. The van der Waals surface area contributed by atoms with Crippen LogP contribution in [0.3, 0.4) is 0 Å². The summed E-state index contributed by atoms with van der Waals surface area (Å²) in [6.45, 7) is 6.31. The van der Waals surface area contributed by atoms with Crippen molar-refractivity contribution in [3.8, 4) is 0 Å². The Kier molecular flexibility index (Phi) is 4.99. The van der Waals surface area contributed by atoms with Crippen molar-refractivity contribution < 1.29 is 18.9 Å². The summed E-state index contributed by atoms with van der Waals surface area (Å²) in [5.41, 5.74) is 0. The van der Waals surface area contributed by atoms with E-state index in [2.05, 4.69) is 13.8 Å². The molecule has 0 N–H and O–H groups in total. The molecule has 0 spiro atoms. The molecule has 1 saturated heterocycles. The molecule has 1 rings (SSSR count). The lowest BCUT2D eigenvalue weighted by Gasteiger charge is -2.41. The third kappa shape index (κ3) is 2.91. The van der Waals surface area contributed by atoms with Gasteiger partial charge in [0.1, 0.15) is 0 Å². The summed E-state index contributed by atoms with van der Waals surface area (Å²) < 4.78 is 21.9. The molecule has 5 atom stereocenters. The first-order chi connectivity index (χ1) is 7.13. The highest BCUT2D eigenvalue weighted by Crippen LogP contribution is 2.27. The molecular formula is C11H22O4. The number of methoxy groups -OCH3 is 2. The monoisotopic (exact) mass is 218 g/mol. The van der Waals surface area contributed by atoms with Crippen molar-refractivity contribution in [1.82, 2.24) is 0 Å². The lowest BCUT2D eigenvalue weighted by Crippen LogP contribution is -2.51. The minimum atomic E-state index is -0.426. The molecule has 0 aromatic carbocycles. The van der Waals surface area contributed by atoms with Crippen molar-refractivity contribution in [3.63, 3.8) is 0 Å². The van der Waals surface area contributed by atoms with Crippen molar-refractivity contribution in [1.29, 1.82) is 0 Å². The summed E-state index contributed by atoms with van der Waals surface area (Å²) in [7, 11) is 3.19. The van der Waals surface area contributed by atoms with Crippen molar-refractivity contribution >= 4 is 0 Å². The summed E-state index contributed by atoms with van der Waals surface area (Å²) >= 11 is 0. The van der Waals surface area contributed by atoms with E-state index in [9.17, 15) is 0 Å². The van der Waals surface area contributed by atoms with Gasteiger partial charge in [-0.1, -0.05) is 20.3 Å². The molecule has 4 heteroatoms. The van der Waals surface area contributed by atoms with E-state index in [4.69, 9.17) is 18.9 Å². The van der Waals surface area contributed by atoms with Crippen molar-refractivity contribution in [2.75, 3.05) is 14.2 Å². The molecular weight excluding hydrogens is 196 g/mol. The minimum Gasteiger partial charge on any atom is -0.351 e. The fraction of sp³-hybridized carbons (Fsp3) is 1.00. The smallest absolute Gasteiger partial charge is 0.209 e. The topological polar surface area (TPSA) is 36.9 Å². The summed E-state index contributed by atoms with van der Waals surface area (Å²) in [6, 6.07) is 0. The van der Waals surface area contributed by atoms with Gasteiger partial charge in [0.2, 0.25) is 12.6 Å². The van der Waals surface area contributed by atoms with E-state index < -0.39 is 12.6 Å². The van der Waals surface area contributed by atoms with Crippen molar-refractivity contribution in [2.24, 2.45) is 5.92 Å². The van der Waals surface area contributed by atoms with Gasteiger partial charge >= 0.3 is 0 Å². The van der Waals surface area contributed by atoms with Gasteiger partial charge in [-0.05, 0) is 12.8 Å². The average Bonchev–Trinajstić information content (AvgIpc) is 2.27. The van der Waals surface area contributed by atoms with Crippen LogP contribution in [-0.2, 0) is 18.9 Å². The molecule has 0 amide bonds. The molecule has 1 unspecified atom stereocenters. The van der Waals surface area contributed by atoms with E-state index >= 15 is 0 Å². The predicted molar refractivity (Wildman–Crippen MR) is 56.5 cm³/mol. The SMILES string of the molecule is CC[C@@H](C)[C@@H]1O[C@H](OC)C(OC)O[C@H]1C. The molecule has 0 saturated carbocycles. The standard InChI is InChI=1S/C11H22O4/c1-6-7(2)9-8(3)14-10(12-4)11(13-5)15-9/h7-11H,6H2,1-5H3/t7-,8+,9+,10?,11+/m1/s1. The second-order valence-electron chi connectivity index (χ2n) is 4.04. The Morgan fingerprint density at radius 2 is 1.67 bits per heavy atom. The second kappa shape index (κ2) is 5.80. The van der Waals surface area contributed by atoms with E-state index in [0.717, 1.165) is 6.42 Å². The highest BCUT2D eigenvalue weighted by atomic mass is 16.8. The molecule has 1 fully saturated rings. The van der Waals surface area contributed by atoms with Crippen LogP contribution in [0.1, 0.15) is 27.2 Å². The van der Waals surface area contributed by atoms with Crippen LogP contribution in [0.2, 0.25) is 0 Å². The summed E-state index contributed by atoms with van der Waals surface area (Å²) in [6.07, 6.45) is 0.324. The Morgan fingerprint density at radius 1 is 1.13 bits per heavy atom. The quantitative estimate of drug-likeness (QED) is 0.720. The molecule has 1 aliphatic heterocycles. The summed E-state index contributed by atoms with van der Waals surface area (Å²) in [5.74, 6) is 0.454. The number of rotatable bonds is 4. The van der Waals surface area contributed by atoms with E-state index in [1.165, 1.54) is 0 Å². The third-order valence-electron chi connectivity index (χ3n) is 2.99. The maximum Gasteiger partial charge on any atom is 0.209 e. The summed E-state index contributed by atoms with van der Waals surface area (Å²) in [5, 5.41) is 0. The lowest BCUT2D eigenvalue weighted by molar-refractivity contribution is -0.354. The summed E-state index contributed by atoms with van der Waals surface area (Å²) in [4.78, 5) is 0. The zero-order valence-electron chi connectivity index (χ0n) is 10.2. The van der Waals surface area contributed by atoms with E-state index in [0.29, 0.717) is 5.92 Å². The van der Waals surface area contributed by atoms with Crippen LogP contribution in [0.15, 0.2) is 0 Å². The van der Waals surface area contributed by atoms with E-state index in [1.807, 2.05) is 6.92 Å². The van der Waals surface area contributed by atoms with Crippen LogP contribution < -0.4 is 0 Å². The molecule has 0 aromatic heterocycles. The first kappa shape index (κ1) is 12.9. The fourth-order valence-electron chi connectivity index (χ4n) is 1.85. The first-order valence-electron chi connectivity index (χ1n) is 5.50. The maximum absolute atomic E-state index is 5.83. The van der Waals surface area contributed by atoms with Crippen LogP contribution in [-0.4, -0.2) is 39.0 Å². The molecule has 15 heavy (non-hydrogen) atoms. The predicted octanol–water partition coefficient (Wildman–Crippen LogP) is 1.78. The average molecular weight is 218 g/mol. The van der Waals surface area contributed by atoms with Gasteiger partial charge in [0.15, 0.2) is 0 Å². The van der Waals surface area contributed by atoms with Crippen molar-refractivity contribution in [3.05, 3.63) is 0 Å². The van der Waals surface area contributed by atoms with Gasteiger partial charge in [0.05, 0.1) is 12.2 Å². The molecule has 0 bridgehead atoms.